The van der Waals surface area contributed by atoms with E-state index in [-0.39, 0.29) is 16.7 Å². The van der Waals surface area contributed by atoms with Crippen LogP contribution in [0, 0.1) is 5.92 Å². The van der Waals surface area contributed by atoms with Gasteiger partial charge >= 0.3 is 0 Å². The maximum absolute atomic E-state index is 12.6. The van der Waals surface area contributed by atoms with Gasteiger partial charge in [0.15, 0.2) is 9.84 Å². The highest BCUT2D eigenvalue weighted by atomic mass is 32.2. The molecule has 7 heteroatoms. The molecule has 0 saturated carbocycles. The van der Waals surface area contributed by atoms with E-state index < -0.39 is 15.9 Å². The van der Waals surface area contributed by atoms with Crippen molar-refractivity contribution in [1.29, 1.82) is 0 Å². The number of methoxy groups -OCH3 is 1. The zero-order chi connectivity index (χ0) is 20.0. The number of hydrogen-bond acceptors (Lipinski definition) is 5. The van der Waals surface area contributed by atoms with Crippen LogP contribution in [0.1, 0.15) is 24.1 Å². The van der Waals surface area contributed by atoms with Gasteiger partial charge in [-0.2, -0.15) is 0 Å². The molecule has 146 valence electrons. The summed E-state index contributed by atoms with van der Waals surface area (Å²) in [7, 11) is 0.0307. The molecule has 2 aromatic carbocycles. The summed E-state index contributed by atoms with van der Waals surface area (Å²) in [6, 6.07) is 13.5. The van der Waals surface area contributed by atoms with Crippen molar-refractivity contribution in [2.24, 2.45) is 5.92 Å². The highest BCUT2D eigenvalue weighted by Crippen LogP contribution is 2.26. The molecule has 0 aliphatic heterocycles. The molecule has 27 heavy (non-hydrogen) atoms. The second-order valence-corrected chi connectivity index (χ2v) is 8.53. The lowest BCUT2D eigenvalue weighted by Crippen LogP contribution is -2.37. The van der Waals surface area contributed by atoms with Crippen molar-refractivity contribution in [3.8, 4) is 5.75 Å². The van der Waals surface area contributed by atoms with Gasteiger partial charge in [-0.25, -0.2) is 8.42 Å². The van der Waals surface area contributed by atoms with Crippen LogP contribution in [0.15, 0.2) is 53.4 Å². The lowest BCUT2D eigenvalue weighted by molar-refractivity contribution is -0.124. The summed E-state index contributed by atoms with van der Waals surface area (Å²) in [5, 5.41) is 6.02. The number of carbonyl (C=O) groups is 1. The Labute approximate surface area is 160 Å². The first-order valence-corrected chi connectivity index (χ1v) is 10.5. The van der Waals surface area contributed by atoms with Crippen molar-refractivity contribution in [3.05, 3.63) is 59.7 Å². The molecule has 2 atom stereocenters. The maximum Gasteiger partial charge on any atom is 0.224 e. The fraction of sp³-hybridized carbons (Fsp3) is 0.350. The van der Waals surface area contributed by atoms with Crippen molar-refractivity contribution in [2.75, 3.05) is 27.0 Å². The Morgan fingerprint density at radius 1 is 1.11 bits per heavy atom. The van der Waals surface area contributed by atoms with Gasteiger partial charge in [-0.3, -0.25) is 4.79 Å². The molecule has 1 amide bonds. The number of sulfone groups is 1. The Hall–Kier alpha value is -2.38. The quantitative estimate of drug-likeness (QED) is 0.722. The Morgan fingerprint density at radius 3 is 2.33 bits per heavy atom. The van der Waals surface area contributed by atoms with Gasteiger partial charge in [0.25, 0.3) is 0 Å². The van der Waals surface area contributed by atoms with Crippen LogP contribution in [0.25, 0.3) is 0 Å². The van der Waals surface area contributed by atoms with Crippen molar-refractivity contribution in [2.45, 2.75) is 17.9 Å². The van der Waals surface area contributed by atoms with Crippen molar-refractivity contribution in [1.82, 2.24) is 10.6 Å². The van der Waals surface area contributed by atoms with E-state index in [4.69, 9.17) is 4.74 Å². The summed E-state index contributed by atoms with van der Waals surface area (Å²) in [5.41, 5.74) is 1.54. The van der Waals surface area contributed by atoms with E-state index in [2.05, 4.69) is 10.6 Å². The molecule has 0 spiro atoms. The number of nitrogens with one attached hydrogen (secondary N) is 2. The SMILES string of the molecule is CNCC(C)C(=O)NC(c1ccc(OC)cc1)c1cccc(S(C)(=O)=O)c1. The third-order valence-electron chi connectivity index (χ3n) is 4.31. The molecule has 6 nitrogen and oxygen atoms in total. The fourth-order valence-corrected chi connectivity index (χ4v) is 3.44. The first-order valence-electron chi connectivity index (χ1n) is 8.65. The molecule has 0 fully saturated rings. The Kier molecular flexibility index (Phi) is 6.98. The van der Waals surface area contributed by atoms with Crippen LogP contribution in [0.5, 0.6) is 5.75 Å². The molecule has 2 rings (SSSR count). The minimum atomic E-state index is -3.35. The Morgan fingerprint density at radius 2 is 1.78 bits per heavy atom. The summed E-state index contributed by atoms with van der Waals surface area (Å²) in [4.78, 5) is 12.8. The average Bonchev–Trinajstić information content (AvgIpc) is 2.65. The Balaban J connectivity index is 2.44. The van der Waals surface area contributed by atoms with E-state index in [1.54, 1.807) is 32.4 Å². The highest BCUT2D eigenvalue weighted by molar-refractivity contribution is 7.90. The van der Waals surface area contributed by atoms with Crippen molar-refractivity contribution >= 4 is 15.7 Å². The average molecular weight is 391 g/mol. The fourth-order valence-electron chi connectivity index (χ4n) is 2.76. The van der Waals surface area contributed by atoms with Crippen molar-refractivity contribution in [3.63, 3.8) is 0 Å². The molecule has 2 aromatic rings. The number of benzene rings is 2. The van der Waals surface area contributed by atoms with Gasteiger partial charge in [-0.05, 0) is 42.4 Å². The van der Waals surface area contributed by atoms with Gasteiger partial charge < -0.3 is 15.4 Å². The van der Waals surface area contributed by atoms with Crippen LogP contribution < -0.4 is 15.4 Å². The van der Waals surface area contributed by atoms with Crippen LogP contribution in [-0.2, 0) is 14.6 Å². The third kappa shape index (κ3) is 5.55. The molecule has 0 aromatic heterocycles. The largest absolute Gasteiger partial charge is 0.497 e. The molecule has 0 heterocycles. The van der Waals surface area contributed by atoms with Crippen LogP contribution in [0.4, 0.5) is 0 Å². The van der Waals surface area contributed by atoms with Gasteiger partial charge in [0.1, 0.15) is 5.75 Å². The van der Waals surface area contributed by atoms with E-state index in [9.17, 15) is 13.2 Å². The molecular weight excluding hydrogens is 364 g/mol. The molecule has 0 aliphatic rings. The zero-order valence-corrected chi connectivity index (χ0v) is 16.8. The summed E-state index contributed by atoms with van der Waals surface area (Å²) >= 11 is 0. The Bertz CT molecular complexity index is 879. The van der Waals surface area contributed by atoms with Crippen LogP contribution in [-0.4, -0.2) is 41.3 Å². The van der Waals surface area contributed by atoms with E-state index in [1.165, 1.54) is 6.26 Å². The second-order valence-electron chi connectivity index (χ2n) is 6.52. The van der Waals surface area contributed by atoms with Gasteiger partial charge in [0.2, 0.25) is 5.91 Å². The molecule has 0 saturated heterocycles. The molecule has 0 aliphatic carbocycles. The minimum Gasteiger partial charge on any atom is -0.497 e. The standard InChI is InChI=1S/C20H26N2O4S/c1-14(13-21-2)20(23)22-19(15-8-10-17(26-3)11-9-15)16-6-5-7-18(12-16)27(4,24)25/h5-12,14,19,21H,13H2,1-4H3,(H,22,23). The highest BCUT2D eigenvalue weighted by Gasteiger charge is 2.21. The topological polar surface area (TPSA) is 84.5 Å². The normalized spacial score (nSPS) is 13.6. The number of hydrogen-bond donors (Lipinski definition) is 2. The van der Waals surface area contributed by atoms with E-state index in [0.29, 0.717) is 17.9 Å². The van der Waals surface area contributed by atoms with Gasteiger partial charge in [-0.1, -0.05) is 31.2 Å². The van der Waals surface area contributed by atoms with Crippen molar-refractivity contribution < 1.29 is 17.9 Å². The molecule has 2 unspecified atom stereocenters. The van der Waals surface area contributed by atoms with Gasteiger partial charge in [0.05, 0.1) is 18.0 Å². The van der Waals surface area contributed by atoms with E-state index in [0.717, 1.165) is 5.56 Å². The third-order valence-corrected chi connectivity index (χ3v) is 5.42. The molecule has 2 N–H and O–H groups in total. The lowest BCUT2D eigenvalue weighted by Gasteiger charge is -2.23. The van der Waals surface area contributed by atoms with Crippen LogP contribution in [0.2, 0.25) is 0 Å². The monoisotopic (exact) mass is 390 g/mol. The van der Waals surface area contributed by atoms with Gasteiger partial charge in [-0.15, -0.1) is 0 Å². The number of ether oxygens (including phenoxy) is 1. The second kappa shape index (κ2) is 9.01. The predicted octanol–water partition coefficient (Wildman–Crippen LogP) is 2.16. The molecule has 0 radical (unpaired) electrons. The number of carbonyl (C=O) groups excluding carboxylic acids is 1. The van der Waals surface area contributed by atoms with E-state index >= 15 is 0 Å². The van der Waals surface area contributed by atoms with E-state index in [1.807, 2.05) is 37.3 Å². The summed E-state index contributed by atoms with van der Waals surface area (Å²) in [6.07, 6.45) is 1.17. The van der Waals surface area contributed by atoms with Crippen LogP contribution in [0.3, 0.4) is 0 Å². The first-order chi connectivity index (χ1) is 12.8. The number of amides is 1. The number of rotatable bonds is 8. The summed E-state index contributed by atoms with van der Waals surface area (Å²) < 4.78 is 29.1. The zero-order valence-electron chi connectivity index (χ0n) is 16.0. The lowest BCUT2D eigenvalue weighted by atomic mass is 9.97. The first kappa shape index (κ1) is 20.9. The van der Waals surface area contributed by atoms with Gasteiger partial charge in [0, 0.05) is 18.7 Å². The predicted molar refractivity (Wildman–Crippen MR) is 106 cm³/mol. The molecular formula is C20H26N2O4S. The molecule has 0 bridgehead atoms. The minimum absolute atomic E-state index is 0.116. The smallest absolute Gasteiger partial charge is 0.224 e. The summed E-state index contributed by atoms with van der Waals surface area (Å²) in [5.74, 6) is 0.362. The van der Waals surface area contributed by atoms with Crippen LogP contribution >= 0.6 is 0 Å². The summed E-state index contributed by atoms with van der Waals surface area (Å²) in [6.45, 7) is 2.38. The maximum atomic E-state index is 12.6.